The highest BCUT2D eigenvalue weighted by Gasteiger charge is 2.42. The third-order valence-corrected chi connectivity index (χ3v) is 11.5. The number of primary amides is 1. The normalized spacial score (nSPS) is 19.8. The zero-order valence-electron chi connectivity index (χ0n) is 20.1. The summed E-state index contributed by atoms with van der Waals surface area (Å²) < 4.78 is 17.5. The van der Waals surface area contributed by atoms with Gasteiger partial charge in [0.25, 0.3) is 5.91 Å². The second-order valence-electron chi connectivity index (χ2n) is 10.4. The van der Waals surface area contributed by atoms with Crippen molar-refractivity contribution in [2.24, 2.45) is 5.73 Å². The zero-order valence-corrected chi connectivity index (χ0v) is 21.1. The van der Waals surface area contributed by atoms with Crippen molar-refractivity contribution >= 4 is 14.2 Å². The van der Waals surface area contributed by atoms with E-state index in [0.29, 0.717) is 17.5 Å². The molecule has 1 aliphatic carbocycles. The summed E-state index contributed by atoms with van der Waals surface area (Å²) in [6.07, 6.45) is 1.27. The number of nitrogens with two attached hydrogens (primary N) is 1. The highest BCUT2D eigenvalue weighted by Crippen LogP contribution is 2.50. The van der Waals surface area contributed by atoms with Gasteiger partial charge in [0.05, 0.1) is 0 Å². The molecule has 1 aliphatic rings. The van der Waals surface area contributed by atoms with Crippen LogP contribution in [0.25, 0.3) is 11.3 Å². The highest BCUT2D eigenvalue weighted by atomic mass is 28.4. The van der Waals surface area contributed by atoms with Crippen LogP contribution in [0.1, 0.15) is 86.2 Å². The van der Waals surface area contributed by atoms with E-state index in [0.717, 1.165) is 24.0 Å². The van der Waals surface area contributed by atoms with Gasteiger partial charge in [-0.1, -0.05) is 61.4 Å². The van der Waals surface area contributed by atoms with Gasteiger partial charge >= 0.3 is 0 Å². The van der Waals surface area contributed by atoms with Crippen LogP contribution in [0, 0.1) is 0 Å². The van der Waals surface area contributed by atoms with Crippen LogP contribution in [0.15, 0.2) is 39.4 Å². The second kappa shape index (κ2) is 8.53. The summed E-state index contributed by atoms with van der Waals surface area (Å²) in [7, 11) is -1.95. The van der Waals surface area contributed by atoms with E-state index < -0.39 is 14.2 Å². The summed E-state index contributed by atoms with van der Waals surface area (Å²) in [6, 6.07) is 9.62. The maximum absolute atomic E-state index is 12.0. The topological polar surface area (TPSA) is 117 Å². The summed E-state index contributed by atoms with van der Waals surface area (Å²) in [5.74, 6) is 1.37. The Kier molecular flexibility index (Phi) is 6.04. The average Bonchev–Trinajstić information content (AvgIpc) is 3.34. The molecular weight excluding hydrogens is 436 g/mol. The Labute approximate surface area is 195 Å². The molecule has 33 heavy (non-hydrogen) atoms. The number of benzene rings is 1. The van der Waals surface area contributed by atoms with Crippen LogP contribution in [-0.4, -0.2) is 29.5 Å². The molecule has 4 rings (SSSR count). The molecule has 1 fully saturated rings. The molecule has 2 aromatic heterocycles. The molecule has 1 atom stereocenters. The molecule has 1 saturated carbocycles. The third-order valence-electron chi connectivity index (χ3n) is 6.99. The smallest absolute Gasteiger partial charge is 0.271 e. The zero-order chi connectivity index (χ0) is 24.0. The number of aromatic nitrogens is 3. The van der Waals surface area contributed by atoms with Crippen molar-refractivity contribution in [3.8, 4) is 11.3 Å². The van der Waals surface area contributed by atoms with Crippen molar-refractivity contribution in [1.82, 2.24) is 15.3 Å². The van der Waals surface area contributed by atoms with Gasteiger partial charge in [0.1, 0.15) is 6.10 Å². The molecule has 2 N–H and O–H groups in total. The summed E-state index contributed by atoms with van der Waals surface area (Å²) >= 11 is 0. The minimum atomic E-state index is -1.95. The van der Waals surface area contributed by atoms with Gasteiger partial charge in [0, 0.05) is 17.0 Å². The molecule has 0 saturated heterocycles. The fourth-order valence-electron chi connectivity index (χ4n) is 3.96. The number of hydrogen-bond acceptors (Lipinski definition) is 7. The predicted molar refractivity (Wildman–Crippen MR) is 126 cm³/mol. The Balaban J connectivity index is 1.48. The Morgan fingerprint density at radius 2 is 1.79 bits per heavy atom. The van der Waals surface area contributed by atoms with Gasteiger partial charge in [-0.25, -0.2) is 0 Å². The van der Waals surface area contributed by atoms with E-state index in [1.54, 1.807) is 0 Å². The maximum atomic E-state index is 12.0. The van der Waals surface area contributed by atoms with Crippen LogP contribution in [0.2, 0.25) is 18.1 Å². The first-order chi connectivity index (χ1) is 15.5. The van der Waals surface area contributed by atoms with E-state index in [1.807, 2.05) is 37.3 Å². The van der Waals surface area contributed by atoms with Gasteiger partial charge in [-0.05, 0) is 43.8 Å². The largest absolute Gasteiger partial charge is 0.407 e. The van der Waals surface area contributed by atoms with Crippen LogP contribution >= 0.6 is 0 Å². The summed E-state index contributed by atoms with van der Waals surface area (Å²) in [5.41, 5.74) is 7.40. The monoisotopic (exact) mass is 468 g/mol. The molecular formula is C24H32N4O4Si. The lowest BCUT2D eigenvalue weighted by Crippen LogP contribution is -2.41. The Hall–Kier alpha value is -2.78. The Morgan fingerprint density at radius 1 is 1.12 bits per heavy atom. The minimum absolute atomic E-state index is 0.0789. The molecule has 9 heteroatoms. The van der Waals surface area contributed by atoms with Gasteiger partial charge < -0.3 is 19.2 Å². The number of rotatable bonds is 7. The molecule has 0 spiro atoms. The molecule has 0 aliphatic heterocycles. The van der Waals surface area contributed by atoms with E-state index in [-0.39, 0.29) is 28.7 Å². The Bertz CT molecular complexity index is 1130. The number of hydrogen-bond donors (Lipinski definition) is 1. The van der Waals surface area contributed by atoms with Gasteiger partial charge in [-0.3, -0.25) is 4.79 Å². The second-order valence-corrected chi connectivity index (χ2v) is 15.1. The fourth-order valence-corrected chi connectivity index (χ4v) is 5.30. The van der Waals surface area contributed by atoms with Gasteiger partial charge in [0.2, 0.25) is 5.89 Å². The van der Waals surface area contributed by atoms with E-state index in [4.69, 9.17) is 19.2 Å². The molecule has 0 radical (unpaired) electrons. The van der Waals surface area contributed by atoms with Gasteiger partial charge in [-0.2, -0.15) is 4.98 Å². The SMILES string of the molecule is CC(O[Si](C)(C)C(C)(C)C)c1noc([C@H]2C[C@@H](c3c(C(N)=O)noc3-c3ccccc3)C2)n1. The number of carbonyl (C=O) groups excluding carboxylic acids is 1. The van der Waals surface area contributed by atoms with Crippen LogP contribution in [0.3, 0.4) is 0 Å². The summed E-state index contributed by atoms with van der Waals surface area (Å²) in [5, 5.41) is 8.25. The van der Waals surface area contributed by atoms with Crippen molar-refractivity contribution in [3.05, 3.63) is 53.3 Å². The maximum Gasteiger partial charge on any atom is 0.271 e. The van der Waals surface area contributed by atoms with Crippen molar-refractivity contribution in [1.29, 1.82) is 0 Å². The predicted octanol–water partition coefficient (Wildman–Crippen LogP) is 5.57. The van der Waals surface area contributed by atoms with Gasteiger partial charge in [-0.15, -0.1) is 0 Å². The summed E-state index contributed by atoms with van der Waals surface area (Å²) in [6.45, 7) is 13.0. The van der Waals surface area contributed by atoms with E-state index >= 15 is 0 Å². The standard InChI is InChI=1S/C24H32N4O4Si/c1-14(32-33(5,6)24(2,3)4)22-26-23(31-28-22)17-12-16(13-17)18-19(21(25)29)27-30-20(18)15-10-8-7-9-11-15/h7-11,14,16-17H,12-13H2,1-6H3,(H2,25,29)/t14?,16-,17+. The first kappa shape index (κ1) is 23.4. The first-order valence-corrected chi connectivity index (χ1v) is 14.2. The summed E-state index contributed by atoms with van der Waals surface area (Å²) in [4.78, 5) is 16.6. The first-order valence-electron chi connectivity index (χ1n) is 11.3. The molecule has 176 valence electrons. The number of amides is 1. The number of nitrogens with zero attached hydrogens (tertiary/aromatic N) is 3. The lowest BCUT2D eigenvalue weighted by Gasteiger charge is -2.37. The molecule has 3 aromatic rings. The third kappa shape index (κ3) is 4.52. The van der Waals surface area contributed by atoms with Crippen molar-refractivity contribution in [3.63, 3.8) is 0 Å². The molecule has 0 bridgehead atoms. The van der Waals surface area contributed by atoms with Crippen molar-refractivity contribution in [2.75, 3.05) is 0 Å². The van der Waals surface area contributed by atoms with E-state index in [2.05, 4.69) is 49.2 Å². The lowest BCUT2D eigenvalue weighted by molar-refractivity contribution is 0.0989. The van der Waals surface area contributed by atoms with Gasteiger partial charge in [0.15, 0.2) is 25.6 Å². The molecule has 8 nitrogen and oxygen atoms in total. The van der Waals surface area contributed by atoms with Crippen LogP contribution in [0.5, 0.6) is 0 Å². The lowest BCUT2D eigenvalue weighted by atomic mass is 9.70. The van der Waals surface area contributed by atoms with E-state index in [1.165, 1.54) is 0 Å². The number of carbonyl (C=O) groups is 1. The quantitative estimate of drug-likeness (QED) is 0.450. The molecule has 1 unspecified atom stereocenters. The average molecular weight is 469 g/mol. The van der Waals surface area contributed by atoms with Crippen molar-refractivity contribution < 1.29 is 18.3 Å². The fraction of sp³-hybridized carbons (Fsp3) is 0.500. The molecule has 1 amide bonds. The van der Waals surface area contributed by atoms with Crippen LogP contribution in [0.4, 0.5) is 0 Å². The molecule has 1 aromatic carbocycles. The van der Waals surface area contributed by atoms with Crippen LogP contribution < -0.4 is 5.73 Å². The van der Waals surface area contributed by atoms with Crippen molar-refractivity contribution in [2.45, 2.75) is 76.6 Å². The highest BCUT2D eigenvalue weighted by molar-refractivity contribution is 6.74. The minimum Gasteiger partial charge on any atom is -0.407 e. The van der Waals surface area contributed by atoms with E-state index in [9.17, 15) is 4.79 Å². The molecule has 2 heterocycles. The van der Waals surface area contributed by atoms with Crippen LogP contribution in [-0.2, 0) is 4.43 Å². The Morgan fingerprint density at radius 3 is 2.39 bits per heavy atom.